The van der Waals surface area contributed by atoms with Gasteiger partial charge in [0, 0.05) is 12.6 Å². The maximum absolute atomic E-state index is 10.8. The Labute approximate surface area is 83.8 Å². The highest BCUT2D eigenvalue weighted by Gasteiger charge is 2.08. The molecule has 0 spiro atoms. The maximum Gasteiger partial charge on any atom is 0.336 e. The van der Waals surface area contributed by atoms with Crippen LogP contribution in [0.15, 0.2) is 24.3 Å². The molecular formula is C11H15NO2. The van der Waals surface area contributed by atoms with Crippen LogP contribution in [0.1, 0.15) is 29.8 Å². The van der Waals surface area contributed by atoms with Gasteiger partial charge < -0.3 is 10.4 Å². The number of carboxylic acids is 1. The zero-order chi connectivity index (χ0) is 10.6. The Kier molecular flexibility index (Phi) is 3.65. The Morgan fingerprint density at radius 3 is 2.64 bits per heavy atom. The van der Waals surface area contributed by atoms with E-state index < -0.39 is 5.97 Å². The molecule has 0 saturated carbocycles. The standard InChI is InChI=1S/C11H15NO2/c1-8(2)12-7-9-5-3-4-6-10(9)11(13)14/h3-6,8,12H,7H2,1-2H3,(H,13,14). The van der Waals surface area contributed by atoms with Crippen LogP contribution in [0.25, 0.3) is 0 Å². The second-order valence-electron chi connectivity index (χ2n) is 3.50. The second-order valence-corrected chi connectivity index (χ2v) is 3.50. The topological polar surface area (TPSA) is 49.3 Å². The average Bonchev–Trinajstić information content (AvgIpc) is 2.15. The fourth-order valence-electron chi connectivity index (χ4n) is 1.20. The minimum absolute atomic E-state index is 0.358. The lowest BCUT2D eigenvalue weighted by Crippen LogP contribution is -2.23. The van der Waals surface area contributed by atoms with Gasteiger partial charge in [-0.25, -0.2) is 4.79 Å². The van der Waals surface area contributed by atoms with Gasteiger partial charge in [-0.1, -0.05) is 32.0 Å². The van der Waals surface area contributed by atoms with Crippen molar-refractivity contribution < 1.29 is 9.90 Å². The predicted octanol–water partition coefficient (Wildman–Crippen LogP) is 1.88. The third-order valence-corrected chi connectivity index (χ3v) is 1.95. The number of aromatic carboxylic acids is 1. The monoisotopic (exact) mass is 193 g/mol. The first-order chi connectivity index (χ1) is 6.61. The SMILES string of the molecule is CC(C)NCc1ccccc1C(=O)O. The summed E-state index contributed by atoms with van der Waals surface area (Å²) in [5, 5.41) is 12.1. The van der Waals surface area contributed by atoms with Gasteiger partial charge in [0.2, 0.25) is 0 Å². The first-order valence-corrected chi connectivity index (χ1v) is 4.66. The molecule has 0 aliphatic rings. The van der Waals surface area contributed by atoms with Gasteiger partial charge in [0.1, 0.15) is 0 Å². The van der Waals surface area contributed by atoms with E-state index in [-0.39, 0.29) is 0 Å². The third-order valence-electron chi connectivity index (χ3n) is 1.95. The van der Waals surface area contributed by atoms with Crippen LogP contribution in [0, 0.1) is 0 Å². The van der Waals surface area contributed by atoms with Gasteiger partial charge in [0.05, 0.1) is 5.56 Å². The lowest BCUT2D eigenvalue weighted by molar-refractivity contribution is 0.0695. The Morgan fingerprint density at radius 2 is 2.07 bits per heavy atom. The molecule has 0 saturated heterocycles. The average molecular weight is 193 g/mol. The van der Waals surface area contributed by atoms with Crippen LogP contribution in [-0.2, 0) is 6.54 Å². The summed E-state index contributed by atoms with van der Waals surface area (Å²) in [4.78, 5) is 10.8. The minimum atomic E-state index is -0.869. The molecular weight excluding hydrogens is 178 g/mol. The molecule has 0 radical (unpaired) electrons. The highest BCUT2D eigenvalue weighted by atomic mass is 16.4. The van der Waals surface area contributed by atoms with Gasteiger partial charge in [0.15, 0.2) is 0 Å². The molecule has 0 atom stereocenters. The Bertz CT molecular complexity index is 321. The van der Waals surface area contributed by atoms with E-state index in [1.807, 2.05) is 26.0 Å². The summed E-state index contributed by atoms with van der Waals surface area (Å²) in [5.41, 5.74) is 1.20. The molecule has 1 rings (SSSR count). The zero-order valence-corrected chi connectivity index (χ0v) is 8.45. The van der Waals surface area contributed by atoms with Crippen molar-refractivity contribution in [1.29, 1.82) is 0 Å². The molecule has 0 fully saturated rings. The van der Waals surface area contributed by atoms with Crippen molar-refractivity contribution in [1.82, 2.24) is 5.32 Å². The molecule has 14 heavy (non-hydrogen) atoms. The lowest BCUT2D eigenvalue weighted by Gasteiger charge is -2.09. The Hall–Kier alpha value is -1.35. The van der Waals surface area contributed by atoms with Gasteiger partial charge >= 0.3 is 5.97 Å². The molecule has 1 aromatic carbocycles. The molecule has 0 heterocycles. The van der Waals surface area contributed by atoms with Crippen molar-refractivity contribution in [3.8, 4) is 0 Å². The van der Waals surface area contributed by atoms with E-state index in [0.29, 0.717) is 18.2 Å². The molecule has 3 heteroatoms. The van der Waals surface area contributed by atoms with Crippen molar-refractivity contribution in [3.05, 3.63) is 35.4 Å². The summed E-state index contributed by atoms with van der Waals surface area (Å²) in [5.74, 6) is -0.869. The molecule has 2 N–H and O–H groups in total. The third kappa shape index (κ3) is 2.85. The normalized spacial score (nSPS) is 10.5. The fraction of sp³-hybridized carbons (Fsp3) is 0.364. The smallest absolute Gasteiger partial charge is 0.336 e. The number of hydrogen-bond donors (Lipinski definition) is 2. The first-order valence-electron chi connectivity index (χ1n) is 4.66. The van der Waals surface area contributed by atoms with Crippen LogP contribution in [0.3, 0.4) is 0 Å². The number of nitrogens with one attached hydrogen (secondary N) is 1. The van der Waals surface area contributed by atoms with Crippen molar-refractivity contribution in [2.75, 3.05) is 0 Å². The van der Waals surface area contributed by atoms with Crippen LogP contribution in [0.2, 0.25) is 0 Å². The predicted molar refractivity (Wildman–Crippen MR) is 55.4 cm³/mol. The minimum Gasteiger partial charge on any atom is -0.478 e. The van der Waals surface area contributed by atoms with Crippen molar-refractivity contribution >= 4 is 5.97 Å². The van der Waals surface area contributed by atoms with Crippen LogP contribution in [0.4, 0.5) is 0 Å². The van der Waals surface area contributed by atoms with Gasteiger partial charge in [-0.3, -0.25) is 0 Å². The van der Waals surface area contributed by atoms with Crippen LogP contribution in [0.5, 0.6) is 0 Å². The summed E-state index contributed by atoms with van der Waals surface area (Å²) in [6.07, 6.45) is 0. The Morgan fingerprint density at radius 1 is 1.43 bits per heavy atom. The van der Waals surface area contributed by atoms with Gasteiger partial charge in [-0.2, -0.15) is 0 Å². The molecule has 0 amide bonds. The molecule has 1 aromatic rings. The van der Waals surface area contributed by atoms with E-state index in [9.17, 15) is 4.79 Å². The molecule has 76 valence electrons. The van der Waals surface area contributed by atoms with E-state index in [4.69, 9.17) is 5.11 Å². The van der Waals surface area contributed by atoms with E-state index in [2.05, 4.69) is 5.32 Å². The summed E-state index contributed by atoms with van der Waals surface area (Å²) in [6, 6.07) is 7.40. The summed E-state index contributed by atoms with van der Waals surface area (Å²) >= 11 is 0. The number of carboxylic acid groups (broad SMARTS) is 1. The van der Waals surface area contributed by atoms with Crippen molar-refractivity contribution in [3.63, 3.8) is 0 Å². The maximum atomic E-state index is 10.8. The summed E-state index contributed by atoms with van der Waals surface area (Å²) < 4.78 is 0. The lowest BCUT2D eigenvalue weighted by atomic mass is 10.1. The molecule has 0 aromatic heterocycles. The molecule has 3 nitrogen and oxygen atoms in total. The second kappa shape index (κ2) is 4.77. The van der Waals surface area contributed by atoms with E-state index in [1.165, 1.54) is 0 Å². The van der Waals surface area contributed by atoms with Gasteiger partial charge in [0.25, 0.3) is 0 Å². The van der Waals surface area contributed by atoms with Gasteiger partial charge in [-0.05, 0) is 11.6 Å². The van der Waals surface area contributed by atoms with Gasteiger partial charge in [-0.15, -0.1) is 0 Å². The van der Waals surface area contributed by atoms with E-state index >= 15 is 0 Å². The summed E-state index contributed by atoms with van der Waals surface area (Å²) in [6.45, 7) is 4.66. The number of benzene rings is 1. The number of hydrogen-bond acceptors (Lipinski definition) is 2. The highest BCUT2D eigenvalue weighted by molar-refractivity contribution is 5.89. The van der Waals surface area contributed by atoms with E-state index in [1.54, 1.807) is 12.1 Å². The van der Waals surface area contributed by atoms with Crippen molar-refractivity contribution in [2.24, 2.45) is 0 Å². The molecule has 0 bridgehead atoms. The summed E-state index contributed by atoms with van der Waals surface area (Å²) in [7, 11) is 0. The molecule has 0 unspecified atom stereocenters. The highest BCUT2D eigenvalue weighted by Crippen LogP contribution is 2.08. The Balaban J connectivity index is 2.79. The molecule has 0 aliphatic heterocycles. The molecule has 0 aliphatic carbocycles. The first kappa shape index (κ1) is 10.7. The van der Waals surface area contributed by atoms with Crippen molar-refractivity contribution in [2.45, 2.75) is 26.4 Å². The zero-order valence-electron chi connectivity index (χ0n) is 8.45. The largest absolute Gasteiger partial charge is 0.478 e. The van der Waals surface area contributed by atoms with Crippen LogP contribution in [-0.4, -0.2) is 17.1 Å². The number of carbonyl (C=O) groups is 1. The fourth-order valence-corrected chi connectivity index (χ4v) is 1.20. The van der Waals surface area contributed by atoms with Crippen LogP contribution >= 0.6 is 0 Å². The number of rotatable bonds is 4. The van der Waals surface area contributed by atoms with Crippen LogP contribution < -0.4 is 5.32 Å². The van der Waals surface area contributed by atoms with E-state index in [0.717, 1.165) is 5.56 Å². The quantitative estimate of drug-likeness (QED) is 0.767.